The fraction of sp³-hybridized carbons (Fsp3) is 0.533. The van der Waals surface area contributed by atoms with Crippen LogP contribution in [0.25, 0.3) is 0 Å². The zero-order valence-corrected chi connectivity index (χ0v) is 12.8. The molecule has 1 aliphatic rings. The predicted octanol–water partition coefficient (Wildman–Crippen LogP) is 2.05. The molecule has 1 aliphatic heterocycles. The normalized spacial score (nSPS) is 23.6. The molecule has 20 heavy (non-hydrogen) atoms. The van der Waals surface area contributed by atoms with Crippen LogP contribution >= 0.6 is 11.8 Å². The summed E-state index contributed by atoms with van der Waals surface area (Å²) in [5.41, 5.74) is 0.857. The van der Waals surface area contributed by atoms with Crippen LogP contribution in [0.5, 0.6) is 0 Å². The Morgan fingerprint density at radius 1 is 1.50 bits per heavy atom. The standard InChI is InChI=1S/C15H22N2O2S/c1-11-7-8-17(9-13(11)18)10-15(19)16-12-5-3-4-6-14(12)20-2/h3-6,11,13,18H,7-10H2,1-2H3,(H,16,19). The van der Waals surface area contributed by atoms with Gasteiger partial charge in [0, 0.05) is 11.4 Å². The summed E-state index contributed by atoms with van der Waals surface area (Å²) in [5, 5.41) is 12.8. The highest BCUT2D eigenvalue weighted by Crippen LogP contribution is 2.24. The first-order valence-electron chi connectivity index (χ1n) is 6.93. The Hall–Kier alpha value is -1.04. The van der Waals surface area contributed by atoms with Crippen LogP contribution in [0.1, 0.15) is 13.3 Å². The zero-order valence-electron chi connectivity index (χ0n) is 12.0. The minimum Gasteiger partial charge on any atom is -0.392 e. The highest BCUT2D eigenvalue weighted by molar-refractivity contribution is 7.98. The van der Waals surface area contributed by atoms with Gasteiger partial charge in [-0.05, 0) is 37.3 Å². The maximum Gasteiger partial charge on any atom is 0.238 e. The molecule has 110 valence electrons. The number of thioether (sulfide) groups is 1. The first-order chi connectivity index (χ1) is 9.60. The number of carbonyl (C=O) groups is 1. The van der Waals surface area contributed by atoms with Crippen molar-refractivity contribution in [2.45, 2.75) is 24.3 Å². The molecule has 2 unspecified atom stereocenters. The van der Waals surface area contributed by atoms with Crippen LogP contribution in [0.2, 0.25) is 0 Å². The number of para-hydroxylation sites is 1. The predicted molar refractivity (Wildman–Crippen MR) is 83.1 cm³/mol. The first-order valence-corrected chi connectivity index (χ1v) is 8.16. The van der Waals surface area contributed by atoms with Crippen molar-refractivity contribution in [2.24, 2.45) is 5.92 Å². The van der Waals surface area contributed by atoms with Gasteiger partial charge in [-0.3, -0.25) is 9.69 Å². The van der Waals surface area contributed by atoms with E-state index in [1.165, 1.54) is 0 Å². The third-order valence-corrected chi connectivity index (χ3v) is 4.55. The number of nitrogens with zero attached hydrogens (tertiary/aromatic N) is 1. The number of benzene rings is 1. The van der Waals surface area contributed by atoms with E-state index < -0.39 is 0 Å². The van der Waals surface area contributed by atoms with E-state index in [4.69, 9.17) is 0 Å². The molecule has 1 heterocycles. The van der Waals surface area contributed by atoms with Crippen molar-refractivity contribution < 1.29 is 9.90 Å². The largest absolute Gasteiger partial charge is 0.392 e. The van der Waals surface area contributed by atoms with E-state index in [9.17, 15) is 9.90 Å². The molecule has 0 radical (unpaired) electrons. The van der Waals surface area contributed by atoms with Crippen LogP contribution in [0.4, 0.5) is 5.69 Å². The molecule has 0 bridgehead atoms. The molecule has 0 saturated carbocycles. The van der Waals surface area contributed by atoms with Gasteiger partial charge in [0.2, 0.25) is 5.91 Å². The van der Waals surface area contributed by atoms with Gasteiger partial charge in [-0.25, -0.2) is 0 Å². The second kappa shape index (κ2) is 7.11. The number of hydrogen-bond donors (Lipinski definition) is 2. The van der Waals surface area contributed by atoms with Crippen molar-refractivity contribution in [3.8, 4) is 0 Å². The number of β-amino-alcohol motifs (C(OH)–C–C–N with tert-alkyl or cyclic N) is 1. The van der Waals surface area contributed by atoms with E-state index in [1.807, 2.05) is 35.4 Å². The number of likely N-dealkylation sites (tertiary alicyclic amines) is 1. The summed E-state index contributed by atoms with van der Waals surface area (Å²) in [4.78, 5) is 15.2. The summed E-state index contributed by atoms with van der Waals surface area (Å²) in [7, 11) is 0. The molecule has 4 nitrogen and oxygen atoms in total. The Kier molecular flexibility index (Phi) is 5.46. The van der Waals surface area contributed by atoms with Gasteiger partial charge in [-0.2, -0.15) is 0 Å². The van der Waals surface area contributed by atoms with Crippen LogP contribution in [0.3, 0.4) is 0 Å². The van der Waals surface area contributed by atoms with E-state index >= 15 is 0 Å². The molecule has 1 aromatic rings. The van der Waals surface area contributed by atoms with Crippen LogP contribution in [-0.2, 0) is 4.79 Å². The average Bonchev–Trinajstić information content (AvgIpc) is 2.43. The number of anilines is 1. The summed E-state index contributed by atoms with van der Waals surface area (Å²) in [6, 6.07) is 7.79. The number of piperidine rings is 1. The lowest BCUT2D eigenvalue weighted by Crippen LogP contribution is -2.45. The van der Waals surface area contributed by atoms with Gasteiger partial charge in [0.05, 0.1) is 18.3 Å². The Labute approximate surface area is 124 Å². The molecular formula is C15H22N2O2S. The van der Waals surface area contributed by atoms with Crippen LogP contribution in [0.15, 0.2) is 29.2 Å². The van der Waals surface area contributed by atoms with Gasteiger partial charge >= 0.3 is 0 Å². The van der Waals surface area contributed by atoms with Crippen molar-refractivity contribution in [1.82, 2.24) is 4.90 Å². The van der Waals surface area contributed by atoms with Crippen molar-refractivity contribution in [1.29, 1.82) is 0 Å². The SMILES string of the molecule is CSc1ccccc1NC(=O)CN1CCC(C)C(O)C1. The lowest BCUT2D eigenvalue weighted by atomic mass is 9.96. The molecule has 2 rings (SSSR count). The number of nitrogens with one attached hydrogen (secondary N) is 1. The summed E-state index contributed by atoms with van der Waals surface area (Å²) in [6.07, 6.45) is 2.61. The van der Waals surface area contributed by atoms with E-state index in [2.05, 4.69) is 12.2 Å². The lowest BCUT2D eigenvalue weighted by molar-refractivity contribution is -0.118. The molecule has 0 spiro atoms. The van der Waals surface area contributed by atoms with Gasteiger partial charge in [0.15, 0.2) is 0 Å². The smallest absolute Gasteiger partial charge is 0.238 e. The first kappa shape index (κ1) is 15.4. The topological polar surface area (TPSA) is 52.6 Å². The second-order valence-corrected chi connectivity index (χ2v) is 6.16. The monoisotopic (exact) mass is 294 g/mol. The molecule has 1 aromatic carbocycles. The van der Waals surface area contributed by atoms with Gasteiger partial charge < -0.3 is 10.4 Å². The fourth-order valence-electron chi connectivity index (χ4n) is 2.40. The number of hydrogen-bond acceptors (Lipinski definition) is 4. The van der Waals surface area contributed by atoms with Crippen LogP contribution in [0, 0.1) is 5.92 Å². The number of aliphatic hydroxyl groups excluding tert-OH is 1. The zero-order chi connectivity index (χ0) is 14.5. The number of aliphatic hydroxyl groups is 1. The van der Waals surface area contributed by atoms with Crippen molar-refractivity contribution >= 4 is 23.4 Å². The number of amides is 1. The molecule has 0 aromatic heterocycles. The van der Waals surface area contributed by atoms with Gasteiger partial charge in [-0.15, -0.1) is 11.8 Å². The minimum atomic E-state index is -0.324. The Balaban J connectivity index is 1.89. The summed E-state index contributed by atoms with van der Waals surface area (Å²) in [5.74, 6) is 0.305. The van der Waals surface area contributed by atoms with E-state index in [1.54, 1.807) is 11.8 Å². The van der Waals surface area contributed by atoms with Gasteiger partial charge in [0.1, 0.15) is 0 Å². The van der Waals surface area contributed by atoms with Crippen LogP contribution < -0.4 is 5.32 Å². The molecule has 5 heteroatoms. The van der Waals surface area contributed by atoms with Crippen LogP contribution in [-0.4, -0.2) is 47.9 Å². The van der Waals surface area contributed by atoms with Gasteiger partial charge in [-0.1, -0.05) is 19.1 Å². The Morgan fingerprint density at radius 3 is 2.95 bits per heavy atom. The fourth-order valence-corrected chi connectivity index (χ4v) is 2.95. The second-order valence-electron chi connectivity index (χ2n) is 5.32. The van der Waals surface area contributed by atoms with Crippen molar-refractivity contribution in [3.63, 3.8) is 0 Å². The van der Waals surface area contributed by atoms with Crippen molar-refractivity contribution in [3.05, 3.63) is 24.3 Å². The third kappa shape index (κ3) is 3.98. The summed E-state index contributed by atoms with van der Waals surface area (Å²) in [6.45, 7) is 3.85. The third-order valence-electron chi connectivity index (χ3n) is 3.75. The molecule has 0 aliphatic carbocycles. The van der Waals surface area contributed by atoms with E-state index in [-0.39, 0.29) is 12.0 Å². The average molecular weight is 294 g/mol. The minimum absolute atomic E-state index is 0.0201. The molecule has 1 fully saturated rings. The maximum atomic E-state index is 12.1. The molecule has 1 saturated heterocycles. The van der Waals surface area contributed by atoms with E-state index in [0.29, 0.717) is 19.0 Å². The summed E-state index contributed by atoms with van der Waals surface area (Å²) < 4.78 is 0. The van der Waals surface area contributed by atoms with Crippen molar-refractivity contribution in [2.75, 3.05) is 31.2 Å². The molecule has 2 atom stereocenters. The number of carbonyl (C=O) groups excluding carboxylic acids is 1. The lowest BCUT2D eigenvalue weighted by Gasteiger charge is -2.33. The van der Waals surface area contributed by atoms with Gasteiger partial charge in [0.25, 0.3) is 0 Å². The highest BCUT2D eigenvalue weighted by Gasteiger charge is 2.25. The number of rotatable bonds is 4. The Morgan fingerprint density at radius 2 is 2.25 bits per heavy atom. The quantitative estimate of drug-likeness (QED) is 0.835. The molecule has 1 amide bonds. The molecular weight excluding hydrogens is 272 g/mol. The van der Waals surface area contributed by atoms with E-state index in [0.717, 1.165) is 23.5 Å². The Bertz CT molecular complexity index is 467. The highest BCUT2D eigenvalue weighted by atomic mass is 32.2. The maximum absolute atomic E-state index is 12.1. The molecule has 2 N–H and O–H groups in total. The summed E-state index contributed by atoms with van der Waals surface area (Å²) >= 11 is 1.62.